The molecular formula is C26H30N4O6. The largest absolute Gasteiger partial charge is 0.493 e. The lowest BCUT2D eigenvalue weighted by molar-refractivity contribution is -0.385. The molecule has 0 fully saturated rings. The number of rotatable bonds is 2. The second-order valence-electron chi connectivity index (χ2n) is 8.06. The summed E-state index contributed by atoms with van der Waals surface area (Å²) in [5.74, 6) is 0.151. The number of nitrogens with one attached hydrogen (secondary N) is 3. The summed E-state index contributed by atoms with van der Waals surface area (Å²) < 4.78 is 11.2. The minimum Gasteiger partial charge on any atom is -0.493 e. The molecule has 10 nitrogen and oxygen atoms in total. The van der Waals surface area contributed by atoms with Gasteiger partial charge in [-0.2, -0.15) is 0 Å². The van der Waals surface area contributed by atoms with Crippen molar-refractivity contribution in [3.8, 4) is 17.2 Å². The Morgan fingerprint density at radius 1 is 0.806 bits per heavy atom. The molecule has 36 heavy (non-hydrogen) atoms. The minimum absolute atomic E-state index is 0.0146. The van der Waals surface area contributed by atoms with Crippen molar-refractivity contribution in [2.75, 3.05) is 33.3 Å². The highest BCUT2D eigenvalue weighted by molar-refractivity contribution is 5.92. The van der Waals surface area contributed by atoms with Crippen LogP contribution in [0.15, 0.2) is 48.6 Å². The van der Waals surface area contributed by atoms with Gasteiger partial charge in [-0.05, 0) is 73.8 Å². The first-order valence-corrected chi connectivity index (χ1v) is 11.7. The minimum atomic E-state index is -0.551. The van der Waals surface area contributed by atoms with Gasteiger partial charge in [-0.25, -0.2) is 0 Å². The van der Waals surface area contributed by atoms with Crippen LogP contribution in [0, 0.1) is 10.1 Å². The lowest BCUT2D eigenvalue weighted by Gasteiger charge is -2.12. The highest BCUT2D eigenvalue weighted by Gasteiger charge is 2.18. The Hall–Kier alpha value is -4.18. The van der Waals surface area contributed by atoms with Crippen molar-refractivity contribution in [3.05, 3.63) is 69.8 Å². The first kappa shape index (κ1) is 26.4. The van der Waals surface area contributed by atoms with E-state index in [2.05, 4.69) is 16.0 Å². The highest BCUT2D eigenvalue weighted by Crippen LogP contribution is 2.37. The fourth-order valence-corrected chi connectivity index (χ4v) is 3.46. The van der Waals surface area contributed by atoms with Crippen LogP contribution in [-0.2, 0) is 9.59 Å². The van der Waals surface area contributed by atoms with E-state index in [1.807, 2.05) is 0 Å². The quantitative estimate of drug-likeness (QED) is 0.430. The number of amides is 2. The number of nitro benzene ring substituents is 1. The summed E-state index contributed by atoms with van der Waals surface area (Å²) in [7, 11) is 1.47. The molecule has 0 saturated heterocycles. The van der Waals surface area contributed by atoms with E-state index >= 15 is 0 Å². The van der Waals surface area contributed by atoms with Crippen molar-refractivity contribution in [2.24, 2.45) is 0 Å². The maximum Gasteiger partial charge on any atom is 0.312 e. The summed E-state index contributed by atoms with van der Waals surface area (Å²) in [6.45, 7) is 2.65. The van der Waals surface area contributed by atoms with Crippen LogP contribution < -0.4 is 25.4 Å². The number of carbonyl (C=O) groups excluding carboxylic acids is 2. The lowest BCUT2D eigenvalue weighted by atomic mass is 10.1. The second kappa shape index (κ2) is 13.6. The molecule has 4 rings (SSSR count). The second-order valence-corrected chi connectivity index (χ2v) is 8.06. The smallest absolute Gasteiger partial charge is 0.312 e. The molecule has 2 heterocycles. The van der Waals surface area contributed by atoms with Crippen LogP contribution in [-0.4, -0.2) is 50.0 Å². The fraction of sp³-hybridized carbons (Fsp3) is 0.308. The van der Waals surface area contributed by atoms with Gasteiger partial charge in [0.2, 0.25) is 17.6 Å². The van der Waals surface area contributed by atoms with Crippen molar-refractivity contribution in [3.63, 3.8) is 0 Å². The monoisotopic (exact) mass is 494 g/mol. The molecule has 190 valence electrons. The summed E-state index contributed by atoms with van der Waals surface area (Å²) in [6.07, 6.45) is 8.45. The number of ether oxygens (including phenoxy) is 2. The van der Waals surface area contributed by atoms with E-state index in [1.54, 1.807) is 30.3 Å². The van der Waals surface area contributed by atoms with Gasteiger partial charge in [0.25, 0.3) is 0 Å². The third-order valence-electron chi connectivity index (χ3n) is 5.35. The van der Waals surface area contributed by atoms with Gasteiger partial charge in [0.1, 0.15) is 0 Å². The maximum atomic E-state index is 12.2. The van der Waals surface area contributed by atoms with Gasteiger partial charge in [-0.1, -0.05) is 12.1 Å². The first-order valence-electron chi connectivity index (χ1n) is 11.7. The van der Waals surface area contributed by atoms with Crippen molar-refractivity contribution < 1.29 is 24.0 Å². The van der Waals surface area contributed by atoms with E-state index in [0.29, 0.717) is 30.0 Å². The SMILES string of the molecule is COc1ccc2cc1Oc1ccc(cc1[N+](=O)[O-])C=CC(=O)NCCCNCCCCNC(=O)/C=C\2. The van der Waals surface area contributed by atoms with Gasteiger partial charge in [0, 0.05) is 31.3 Å². The van der Waals surface area contributed by atoms with Gasteiger partial charge in [0.05, 0.1) is 12.0 Å². The molecule has 4 bridgehead atoms. The zero-order valence-corrected chi connectivity index (χ0v) is 20.1. The number of fused-ring (bicyclic) bond motifs is 15. The number of hydrogen-bond donors (Lipinski definition) is 3. The summed E-state index contributed by atoms with van der Waals surface area (Å²) in [6, 6.07) is 9.46. The van der Waals surface area contributed by atoms with Crippen molar-refractivity contribution >= 4 is 29.7 Å². The lowest BCUT2D eigenvalue weighted by Crippen LogP contribution is -2.27. The molecule has 0 aliphatic carbocycles. The summed E-state index contributed by atoms with van der Waals surface area (Å²) in [5, 5.41) is 20.7. The summed E-state index contributed by atoms with van der Waals surface area (Å²) >= 11 is 0. The third-order valence-corrected chi connectivity index (χ3v) is 5.35. The molecule has 0 atom stereocenters. The predicted molar refractivity (Wildman–Crippen MR) is 137 cm³/mol. The van der Waals surface area contributed by atoms with E-state index in [9.17, 15) is 19.7 Å². The molecule has 2 aromatic rings. The number of nitro groups is 1. The van der Waals surface area contributed by atoms with Crippen LogP contribution in [0.2, 0.25) is 0 Å². The van der Waals surface area contributed by atoms with E-state index in [-0.39, 0.29) is 29.0 Å². The van der Waals surface area contributed by atoms with Crippen LogP contribution in [0.4, 0.5) is 5.69 Å². The van der Waals surface area contributed by atoms with E-state index < -0.39 is 4.92 Å². The summed E-state index contributed by atoms with van der Waals surface area (Å²) in [4.78, 5) is 35.4. The zero-order valence-electron chi connectivity index (χ0n) is 20.1. The van der Waals surface area contributed by atoms with E-state index in [4.69, 9.17) is 9.47 Å². The number of carbonyl (C=O) groups is 2. The first-order chi connectivity index (χ1) is 17.5. The van der Waals surface area contributed by atoms with Crippen LogP contribution in [0.25, 0.3) is 12.2 Å². The molecule has 0 spiro atoms. The summed E-state index contributed by atoms with van der Waals surface area (Å²) in [5.41, 5.74) is 0.878. The Kier molecular flexibility index (Phi) is 10.0. The van der Waals surface area contributed by atoms with Crippen molar-refractivity contribution in [1.82, 2.24) is 16.0 Å². The van der Waals surface area contributed by atoms with E-state index in [0.717, 1.165) is 32.4 Å². The van der Waals surface area contributed by atoms with Gasteiger partial charge >= 0.3 is 5.69 Å². The van der Waals surface area contributed by atoms with Gasteiger partial charge < -0.3 is 25.4 Å². The Bertz CT molecular complexity index is 1150. The molecule has 0 radical (unpaired) electrons. The van der Waals surface area contributed by atoms with Crippen molar-refractivity contribution in [1.29, 1.82) is 0 Å². The zero-order chi connectivity index (χ0) is 25.8. The van der Waals surface area contributed by atoms with Gasteiger partial charge in [-0.3, -0.25) is 19.7 Å². The molecule has 2 aliphatic heterocycles. The fourth-order valence-electron chi connectivity index (χ4n) is 3.46. The highest BCUT2D eigenvalue weighted by atomic mass is 16.6. The topological polar surface area (TPSA) is 132 Å². The Morgan fingerprint density at radius 3 is 2.11 bits per heavy atom. The molecule has 2 amide bonds. The molecule has 3 N–H and O–H groups in total. The Balaban J connectivity index is 1.88. The Morgan fingerprint density at radius 2 is 1.42 bits per heavy atom. The molecule has 0 unspecified atom stereocenters. The number of hydrogen-bond acceptors (Lipinski definition) is 7. The number of nitrogens with zero attached hydrogens (tertiary/aromatic N) is 1. The average molecular weight is 495 g/mol. The molecule has 0 saturated carbocycles. The van der Waals surface area contributed by atoms with Crippen LogP contribution >= 0.6 is 0 Å². The maximum absolute atomic E-state index is 12.2. The average Bonchev–Trinajstić information content (AvgIpc) is 2.87. The number of benzene rings is 2. The molecule has 2 aliphatic rings. The van der Waals surface area contributed by atoms with Gasteiger partial charge in [0.15, 0.2) is 11.5 Å². The molecule has 2 aromatic carbocycles. The molecule has 0 aromatic heterocycles. The van der Waals surface area contributed by atoms with Gasteiger partial charge in [-0.15, -0.1) is 0 Å². The number of methoxy groups -OCH3 is 1. The Labute approximate surface area is 209 Å². The predicted octanol–water partition coefficient (Wildman–Crippen LogP) is 3.43. The molecule has 10 heteroatoms. The van der Waals surface area contributed by atoms with Crippen LogP contribution in [0.5, 0.6) is 17.2 Å². The standard InChI is InChI=1S/C26H30N4O6/c1-35-23-10-6-20-8-12-25(31)28-15-3-2-13-27-14-4-16-29-26(32)11-7-19-5-9-22(36-24(23)18-20)21(17-19)30(33)34/h5-12,17-18,27H,2-4,13-16H2,1H3,(H,28,31)(H,29,32)/b11-7?,12-8-. The normalized spacial score (nSPS) is 16.7. The van der Waals surface area contributed by atoms with Crippen molar-refractivity contribution in [2.45, 2.75) is 19.3 Å². The molecular weight excluding hydrogens is 464 g/mol. The van der Waals surface area contributed by atoms with Crippen LogP contribution in [0.3, 0.4) is 0 Å². The third kappa shape index (κ3) is 8.24. The van der Waals surface area contributed by atoms with E-state index in [1.165, 1.54) is 37.5 Å². The van der Waals surface area contributed by atoms with Crippen LogP contribution in [0.1, 0.15) is 30.4 Å².